The van der Waals surface area contributed by atoms with Crippen molar-refractivity contribution in [2.24, 2.45) is 0 Å². The number of amides is 1. The molecule has 0 aliphatic carbocycles. The zero-order chi connectivity index (χ0) is 17.9. The Hall–Kier alpha value is -3.16. The molecule has 0 saturated carbocycles. The van der Waals surface area contributed by atoms with Crippen LogP contribution in [0.25, 0.3) is 0 Å². The molecule has 8 heteroatoms. The van der Waals surface area contributed by atoms with Crippen molar-refractivity contribution < 1.29 is 23.8 Å². The first kappa shape index (κ1) is 17.2. The van der Waals surface area contributed by atoms with E-state index in [9.17, 15) is 18.8 Å². The summed E-state index contributed by atoms with van der Waals surface area (Å²) in [4.78, 5) is 37.9. The number of nitrogens with one attached hydrogen (secondary N) is 2. The Kier molecular flexibility index (Phi) is 4.98. The van der Waals surface area contributed by atoms with Crippen molar-refractivity contribution in [3.8, 4) is 5.75 Å². The maximum Gasteiger partial charge on any atom is 0.356 e. The minimum atomic E-state index is -1.38. The summed E-state index contributed by atoms with van der Waals surface area (Å²) in [6.07, 6.45) is 1.01. The van der Waals surface area contributed by atoms with E-state index in [-0.39, 0.29) is 5.56 Å². The molecule has 1 amide bonds. The number of ether oxygens (including phenoxy) is 1. The number of carbonyl (C=O) groups is 2. The lowest BCUT2D eigenvalue weighted by Crippen LogP contribution is -2.32. The van der Waals surface area contributed by atoms with Gasteiger partial charge in [-0.25, -0.2) is 9.18 Å². The third-order valence-corrected chi connectivity index (χ3v) is 3.42. The molecular formula is C16H15FN2O5. The summed E-state index contributed by atoms with van der Waals surface area (Å²) in [5.41, 5.74) is -0.913. The van der Waals surface area contributed by atoms with Gasteiger partial charge in [0.25, 0.3) is 5.91 Å². The smallest absolute Gasteiger partial charge is 0.356 e. The number of aromatic carboxylic acids is 1. The first-order chi connectivity index (χ1) is 11.3. The predicted octanol–water partition coefficient (Wildman–Crippen LogP) is 1.71. The normalized spacial score (nSPS) is 11.6. The predicted molar refractivity (Wildman–Crippen MR) is 82.9 cm³/mol. The zero-order valence-corrected chi connectivity index (χ0v) is 12.9. The molecule has 0 aliphatic heterocycles. The number of carboxylic acid groups (broad SMARTS) is 1. The van der Waals surface area contributed by atoms with Crippen molar-refractivity contribution in [1.29, 1.82) is 0 Å². The van der Waals surface area contributed by atoms with Crippen LogP contribution in [0.3, 0.4) is 0 Å². The molecule has 1 atom stereocenters. The molecule has 0 saturated heterocycles. The van der Waals surface area contributed by atoms with Crippen molar-refractivity contribution >= 4 is 11.9 Å². The van der Waals surface area contributed by atoms with Gasteiger partial charge >= 0.3 is 5.97 Å². The van der Waals surface area contributed by atoms with E-state index in [1.807, 2.05) is 0 Å². The zero-order valence-electron chi connectivity index (χ0n) is 12.9. The molecule has 2 rings (SSSR count). The molecule has 1 aromatic carbocycles. The number of methoxy groups -OCH3 is 1. The number of aromatic nitrogens is 1. The minimum absolute atomic E-state index is 0.286. The highest BCUT2D eigenvalue weighted by Gasteiger charge is 2.22. The molecule has 0 aliphatic rings. The van der Waals surface area contributed by atoms with E-state index in [0.717, 1.165) is 13.3 Å². The summed E-state index contributed by atoms with van der Waals surface area (Å²) in [6.45, 7) is 1.67. The fourth-order valence-corrected chi connectivity index (χ4v) is 2.14. The van der Waals surface area contributed by atoms with E-state index >= 15 is 0 Å². The average molecular weight is 334 g/mol. The largest absolute Gasteiger partial charge is 0.491 e. The number of halogens is 1. The molecule has 1 unspecified atom stereocenters. The van der Waals surface area contributed by atoms with Crippen LogP contribution in [-0.4, -0.2) is 29.1 Å². The average Bonchev–Trinajstić information content (AvgIpc) is 2.54. The van der Waals surface area contributed by atoms with E-state index in [2.05, 4.69) is 10.3 Å². The Morgan fingerprint density at radius 2 is 1.92 bits per heavy atom. The van der Waals surface area contributed by atoms with Crippen molar-refractivity contribution in [3.63, 3.8) is 0 Å². The number of hydrogen-bond acceptors (Lipinski definition) is 4. The molecule has 7 nitrogen and oxygen atoms in total. The SMILES string of the molecule is COc1c(C(=O)O)[nH]cc(C(=O)NC(C)c2ccc(F)cc2)c1=O. The minimum Gasteiger partial charge on any atom is -0.491 e. The first-order valence-electron chi connectivity index (χ1n) is 6.94. The van der Waals surface area contributed by atoms with Gasteiger partial charge in [0.2, 0.25) is 5.43 Å². The molecule has 126 valence electrons. The number of hydrogen-bond donors (Lipinski definition) is 3. The van der Waals surface area contributed by atoms with Gasteiger partial charge < -0.3 is 20.1 Å². The summed E-state index contributed by atoms with van der Waals surface area (Å²) in [7, 11) is 1.14. The third-order valence-electron chi connectivity index (χ3n) is 3.42. The van der Waals surface area contributed by atoms with Gasteiger partial charge in [0.15, 0.2) is 11.4 Å². The maximum atomic E-state index is 12.9. The number of carbonyl (C=O) groups excluding carboxylic acids is 1. The molecule has 0 radical (unpaired) electrons. The van der Waals surface area contributed by atoms with Gasteiger partial charge in [-0.1, -0.05) is 12.1 Å². The van der Waals surface area contributed by atoms with Crippen LogP contribution in [0.1, 0.15) is 39.4 Å². The lowest BCUT2D eigenvalue weighted by molar-refractivity contribution is 0.0685. The molecule has 1 heterocycles. The van der Waals surface area contributed by atoms with Crippen LogP contribution < -0.4 is 15.5 Å². The molecule has 24 heavy (non-hydrogen) atoms. The van der Waals surface area contributed by atoms with E-state index in [1.54, 1.807) is 6.92 Å². The Morgan fingerprint density at radius 1 is 1.29 bits per heavy atom. The Bertz CT molecular complexity index is 829. The summed E-state index contributed by atoms with van der Waals surface area (Å²) in [5.74, 6) is -2.94. The van der Waals surface area contributed by atoms with E-state index in [1.165, 1.54) is 24.3 Å². The van der Waals surface area contributed by atoms with Crippen LogP contribution in [-0.2, 0) is 0 Å². The molecule has 2 aromatic rings. The molecule has 0 spiro atoms. The molecule has 3 N–H and O–H groups in total. The Balaban J connectivity index is 2.28. The van der Waals surface area contributed by atoms with Crippen molar-refractivity contribution in [1.82, 2.24) is 10.3 Å². The summed E-state index contributed by atoms with van der Waals surface area (Å²) in [6, 6.07) is 5.06. The highest BCUT2D eigenvalue weighted by molar-refractivity contribution is 5.96. The number of H-pyrrole nitrogens is 1. The van der Waals surface area contributed by atoms with Crippen molar-refractivity contribution in [2.75, 3.05) is 7.11 Å². The van der Waals surface area contributed by atoms with Crippen LogP contribution >= 0.6 is 0 Å². The van der Waals surface area contributed by atoms with Gasteiger partial charge in [-0.3, -0.25) is 9.59 Å². The van der Waals surface area contributed by atoms with Gasteiger partial charge in [-0.2, -0.15) is 0 Å². The molecule has 0 fully saturated rings. The second kappa shape index (κ2) is 6.95. The van der Waals surface area contributed by atoms with Gasteiger partial charge in [-0.15, -0.1) is 0 Å². The van der Waals surface area contributed by atoms with E-state index in [4.69, 9.17) is 9.84 Å². The third kappa shape index (κ3) is 3.43. The molecule has 0 bridgehead atoms. The van der Waals surface area contributed by atoms with Gasteiger partial charge in [-0.05, 0) is 24.6 Å². The Labute approximate surface area is 136 Å². The number of carboxylic acids is 1. The highest BCUT2D eigenvalue weighted by Crippen LogP contribution is 2.15. The number of rotatable bonds is 5. The van der Waals surface area contributed by atoms with Gasteiger partial charge in [0.1, 0.15) is 11.4 Å². The van der Waals surface area contributed by atoms with Crippen LogP contribution in [0.15, 0.2) is 35.3 Å². The fraction of sp³-hybridized carbons (Fsp3) is 0.188. The first-order valence-corrected chi connectivity index (χ1v) is 6.94. The number of benzene rings is 1. The fourth-order valence-electron chi connectivity index (χ4n) is 2.14. The second-order valence-electron chi connectivity index (χ2n) is 4.99. The molecule has 1 aromatic heterocycles. The van der Waals surface area contributed by atoms with Crippen LogP contribution in [0.5, 0.6) is 5.75 Å². The standard InChI is InChI=1S/C16H15FN2O5/c1-8(9-3-5-10(17)6-4-9)19-15(21)11-7-18-12(16(22)23)14(24-2)13(11)20/h3-8H,1-2H3,(H,18,20)(H,19,21)(H,22,23). The summed E-state index contributed by atoms with van der Waals surface area (Å²) in [5, 5.41) is 11.6. The summed E-state index contributed by atoms with van der Waals surface area (Å²) < 4.78 is 17.7. The van der Waals surface area contributed by atoms with Gasteiger partial charge in [0, 0.05) is 6.20 Å². The molecular weight excluding hydrogens is 319 g/mol. The number of aromatic amines is 1. The monoisotopic (exact) mass is 334 g/mol. The maximum absolute atomic E-state index is 12.9. The van der Waals surface area contributed by atoms with Crippen LogP contribution in [0, 0.1) is 5.82 Å². The van der Waals surface area contributed by atoms with Crippen LogP contribution in [0.2, 0.25) is 0 Å². The van der Waals surface area contributed by atoms with Crippen LogP contribution in [0.4, 0.5) is 4.39 Å². The second-order valence-corrected chi connectivity index (χ2v) is 4.99. The highest BCUT2D eigenvalue weighted by atomic mass is 19.1. The van der Waals surface area contributed by atoms with Crippen molar-refractivity contribution in [2.45, 2.75) is 13.0 Å². The quantitative estimate of drug-likeness (QED) is 0.771. The lowest BCUT2D eigenvalue weighted by atomic mass is 10.1. The number of pyridine rings is 1. The topological polar surface area (TPSA) is 108 Å². The van der Waals surface area contributed by atoms with E-state index < -0.39 is 40.6 Å². The van der Waals surface area contributed by atoms with Crippen molar-refractivity contribution in [3.05, 3.63) is 63.3 Å². The van der Waals surface area contributed by atoms with Gasteiger partial charge in [0.05, 0.1) is 13.2 Å². The summed E-state index contributed by atoms with van der Waals surface area (Å²) >= 11 is 0. The van der Waals surface area contributed by atoms with E-state index in [0.29, 0.717) is 5.56 Å². The Morgan fingerprint density at radius 3 is 2.46 bits per heavy atom. The lowest BCUT2D eigenvalue weighted by Gasteiger charge is -2.14.